The summed E-state index contributed by atoms with van der Waals surface area (Å²) in [7, 11) is 2.03. The molecule has 3 saturated heterocycles. The number of carbonyl (C=O) groups is 3. The van der Waals surface area contributed by atoms with E-state index >= 15 is 0 Å². The summed E-state index contributed by atoms with van der Waals surface area (Å²) in [6.07, 6.45) is 6.51. The fourth-order valence-electron chi connectivity index (χ4n) is 8.32. The maximum Gasteiger partial charge on any atom is 0.281 e. The van der Waals surface area contributed by atoms with E-state index in [0.29, 0.717) is 25.9 Å². The minimum Gasteiger partial charge on any atom is -0.361 e. The van der Waals surface area contributed by atoms with Gasteiger partial charge in [0.1, 0.15) is 12.1 Å². The van der Waals surface area contributed by atoms with E-state index in [1.165, 1.54) is 15.8 Å². The van der Waals surface area contributed by atoms with Crippen LogP contribution in [0.4, 0.5) is 0 Å². The normalized spacial score (nSPS) is 32.8. The molecule has 5 aliphatic rings. The Morgan fingerprint density at radius 3 is 2.77 bits per heavy atom. The van der Waals surface area contributed by atoms with E-state index in [1.807, 2.05) is 49.5 Å². The van der Waals surface area contributed by atoms with Crippen molar-refractivity contribution in [3.63, 3.8) is 0 Å². The largest absolute Gasteiger partial charge is 0.361 e. The Morgan fingerprint density at radius 1 is 1.16 bits per heavy atom. The maximum absolute atomic E-state index is 14.4. The van der Waals surface area contributed by atoms with E-state index in [-0.39, 0.29) is 30.7 Å². The number of aliphatic hydroxyl groups is 1. The monoisotopic (exact) mass is 595 g/mol. The summed E-state index contributed by atoms with van der Waals surface area (Å²) in [5.74, 6) is -3.70. The van der Waals surface area contributed by atoms with Gasteiger partial charge in [0, 0.05) is 49.1 Å². The summed E-state index contributed by atoms with van der Waals surface area (Å²) in [4.78, 5) is 50.8. The van der Waals surface area contributed by atoms with Crippen LogP contribution >= 0.6 is 0 Å². The Hall–Kier alpha value is -3.99. The summed E-state index contributed by atoms with van der Waals surface area (Å²) in [5.41, 5.74) is 3.64. The smallest absolute Gasteiger partial charge is 0.281 e. The molecule has 10 heteroatoms. The molecule has 3 N–H and O–H groups in total. The number of aromatic amines is 1. The third-order valence-corrected chi connectivity index (χ3v) is 10.5. The standard InChI is InChI=1S/C34H37N5O5/c1-3-33(36-30(40)22-16-24-23-11-7-12-25-29(23)21(18-35-25)17-26(24)37(2)19-22)32(42)39-27(15-20-9-5-4-6-10-20)31(41)38-14-8-13-28(38)34(39,43)44-33/h4-7,9-12,16,18,22,26-28,35,43H,3,8,13-15,17,19H2,1-2H3,(H,36,40)/t22-,26-,27+,28+,33-,34+/m1/s1. The fraction of sp³-hybridized carbons (Fsp3) is 0.441. The second-order valence-corrected chi connectivity index (χ2v) is 12.9. The molecule has 5 heterocycles. The topological polar surface area (TPSA) is 118 Å². The fourth-order valence-corrected chi connectivity index (χ4v) is 8.32. The zero-order chi connectivity index (χ0) is 30.4. The lowest BCUT2D eigenvalue weighted by Crippen LogP contribution is -2.71. The quantitative estimate of drug-likeness (QED) is 0.417. The molecule has 4 aliphatic heterocycles. The molecule has 44 heavy (non-hydrogen) atoms. The van der Waals surface area contributed by atoms with Gasteiger partial charge in [-0.2, -0.15) is 0 Å². The lowest BCUT2D eigenvalue weighted by molar-refractivity contribution is -0.317. The first kappa shape index (κ1) is 27.6. The SMILES string of the molecule is CC[C@@]1(NC(=O)[C@@H]2C=C3c4cccc5[nH]cc(c45)C[C@H]3N(C)C2)O[C@@]2(O)[C@@H]3CCCN3C(=O)[C@H](Cc3ccccc3)N2C1=O. The van der Waals surface area contributed by atoms with Crippen LogP contribution in [0.2, 0.25) is 0 Å². The van der Waals surface area contributed by atoms with Gasteiger partial charge in [0.2, 0.25) is 17.5 Å². The van der Waals surface area contributed by atoms with Crippen LogP contribution in [0.15, 0.2) is 60.8 Å². The van der Waals surface area contributed by atoms with Crippen molar-refractivity contribution in [3.8, 4) is 0 Å². The van der Waals surface area contributed by atoms with Gasteiger partial charge in [-0.15, -0.1) is 0 Å². The van der Waals surface area contributed by atoms with Crippen molar-refractivity contribution in [2.45, 2.75) is 68.8 Å². The van der Waals surface area contributed by atoms with Crippen molar-refractivity contribution in [2.75, 3.05) is 20.1 Å². The van der Waals surface area contributed by atoms with Crippen LogP contribution in [-0.2, 0) is 32.0 Å². The molecular weight excluding hydrogens is 558 g/mol. The number of aromatic nitrogens is 1. The molecule has 228 valence electrons. The molecule has 0 radical (unpaired) electrons. The highest BCUT2D eigenvalue weighted by Gasteiger charge is 2.70. The molecule has 2 aromatic carbocycles. The molecule has 3 aromatic rings. The van der Waals surface area contributed by atoms with E-state index < -0.39 is 35.5 Å². The van der Waals surface area contributed by atoms with Gasteiger partial charge in [-0.3, -0.25) is 28.9 Å². The Morgan fingerprint density at radius 2 is 1.98 bits per heavy atom. The second kappa shape index (κ2) is 9.76. The van der Waals surface area contributed by atoms with E-state index in [2.05, 4.69) is 33.5 Å². The molecule has 1 aliphatic carbocycles. The summed E-state index contributed by atoms with van der Waals surface area (Å²) >= 11 is 0. The first-order valence-corrected chi connectivity index (χ1v) is 15.7. The number of nitrogens with zero attached hydrogens (tertiary/aromatic N) is 3. The van der Waals surface area contributed by atoms with Crippen LogP contribution in [0.1, 0.15) is 42.9 Å². The van der Waals surface area contributed by atoms with Crippen LogP contribution < -0.4 is 5.32 Å². The van der Waals surface area contributed by atoms with Crippen molar-refractivity contribution >= 4 is 34.2 Å². The second-order valence-electron chi connectivity index (χ2n) is 12.9. The number of fused-ring (bicyclic) bond motifs is 5. The molecular formula is C34H37N5O5. The van der Waals surface area contributed by atoms with E-state index in [0.717, 1.165) is 28.6 Å². The average Bonchev–Trinajstić information content (AvgIpc) is 3.74. The zero-order valence-electron chi connectivity index (χ0n) is 25.0. The molecule has 10 nitrogen and oxygen atoms in total. The number of nitrogens with one attached hydrogen (secondary N) is 2. The Labute approximate surface area is 255 Å². The predicted molar refractivity (Wildman–Crippen MR) is 163 cm³/mol. The molecule has 1 aromatic heterocycles. The van der Waals surface area contributed by atoms with Crippen LogP contribution in [-0.4, -0.2) is 92.4 Å². The van der Waals surface area contributed by atoms with E-state index in [9.17, 15) is 19.5 Å². The number of carbonyl (C=O) groups excluding carboxylic acids is 3. The lowest BCUT2D eigenvalue weighted by atomic mass is 9.79. The number of piperazine rings is 1. The van der Waals surface area contributed by atoms with Crippen LogP contribution in [0.5, 0.6) is 0 Å². The number of rotatable bonds is 5. The first-order valence-electron chi connectivity index (χ1n) is 15.7. The average molecular weight is 596 g/mol. The molecule has 0 unspecified atom stereocenters. The number of H-pyrrole nitrogens is 1. The summed E-state index contributed by atoms with van der Waals surface area (Å²) in [6, 6.07) is 14.2. The Bertz CT molecular complexity index is 1720. The van der Waals surface area contributed by atoms with Gasteiger partial charge in [0.15, 0.2) is 0 Å². The van der Waals surface area contributed by atoms with E-state index in [1.54, 1.807) is 11.8 Å². The molecule has 3 fully saturated rings. The number of hydrogen-bond acceptors (Lipinski definition) is 6. The minimum absolute atomic E-state index is 0.100. The summed E-state index contributed by atoms with van der Waals surface area (Å²) in [5, 5.41) is 16.3. The number of likely N-dealkylation sites (N-methyl/N-ethyl adjacent to an activating group) is 1. The number of benzene rings is 2. The van der Waals surface area contributed by atoms with Gasteiger partial charge in [-0.25, -0.2) is 0 Å². The lowest BCUT2D eigenvalue weighted by Gasteiger charge is -2.48. The Balaban J connectivity index is 1.13. The molecule has 8 rings (SSSR count). The summed E-state index contributed by atoms with van der Waals surface area (Å²) in [6.45, 7) is 2.73. The maximum atomic E-state index is 14.4. The highest BCUT2D eigenvalue weighted by atomic mass is 16.7. The first-order chi connectivity index (χ1) is 21.2. The van der Waals surface area contributed by atoms with E-state index in [4.69, 9.17) is 4.74 Å². The van der Waals surface area contributed by atoms with Crippen molar-refractivity contribution < 1.29 is 24.2 Å². The van der Waals surface area contributed by atoms with Crippen molar-refractivity contribution in [1.29, 1.82) is 0 Å². The van der Waals surface area contributed by atoms with Gasteiger partial charge < -0.3 is 20.3 Å². The number of hydrogen-bond donors (Lipinski definition) is 3. The molecule has 0 bridgehead atoms. The number of ether oxygens (including phenoxy) is 1. The zero-order valence-corrected chi connectivity index (χ0v) is 25.0. The predicted octanol–water partition coefficient (Wildman–Crippen LogP) is 2.38. The number of amides is 3. The van der Waals surface area contributed by atoms with Crippen LogP contribution in [0.3, 0.4) is 0 Å². The molecule has 0 saturated carbocycles. The third kappa shape index (κ3) is 3.80. The van der Waals surface area contributed by atoms with Gasteiger partial charge >= 0.3 is 0 Å². The highest BCUT2D eigenvalue weighted by molar-refractivity contribution is 6.01. The Kier molecular flexibility index (Phi) is 6.11. The molecule has 0 spiro atoms. The van der Waals surface area contributed by atoms with Crippen molar-refractivity contribution in [2.24, 2.45) is 5.92 Å². The van der Waals surface area contributed by atoms with Crippen LogP contribution in [0.25, 0.3) is 16.5 Å². The van der Waals surface area contributed by atoms with Gasteiger partial charge in [-0.1, -0.05) is 55.5 Å². The molecule has 6 atom stereocenters. The minimum atomic E-state index is -2.04. The third-order valence-electron chi connectivity index (χ3n) is 10.5. The highest BCUT2D eigenvalue weighted by Crippen LogP contribution is 2.47. The van der Waals surface area contributed by atoms with Crippen LogP contribution in [0, 0.1) is 5.92 Å². The van der Waals surface area contributed by atoms with Gasteiger partial charge in [0.25, 0.3) is 11.8 Å². The molecule has 3 amide bonds. The van der Waals surface area contributed by atoms with Crippen molar-refractivity contribution in [3.05, 3.63) is 77.5 Å². The van der Waals surface area contributed by atoms with Gasteiger partial charge in [-0.05, 0) is 54.6 Å². The van der Waals surface area contributed by atoms with Crippen molar-refractivity contribution in [1.82, 2.24) is 25.0 Å². The summed E-state index contributed by atoms with van der Waals surface area (Å²) < 4.78 is 6.38. The van der Waals surface area contributed by atoms with Gasteiger partial charge in [0.05, 0.1) is 5.92 Å².